The molecule has 1 aromatic carbocycles. The average Bonchev–Trinajstić information content (AvgIpc) is 2.70. The lowest BCUT2D eigenvalue weighted by molar-refractivity contribution is 0.102. The molecule has 16 heavy (non-hydrogen) atoms. The SMILES string of the molecule is O=C(Nc1nncs1)c1c(O)cccc1O. The lowest BCUT2D eigenvalue weighted by atomic mass is 10.1. The van der Waals surface area contributed by atoms with Crippen molar-refractivity contribution in [2.24, 2.45) is 0 Å². The Hall–Kier alpha value is -2.15. The van der Waals surface area contributed by atoms with Crippen LogP contribution in [0.2, 0.25) is 0 Å². The molecule has 0 aliphatic heterocycles. The van der Waals surface area contributed by atoms with Crippen LogP contribution < -0.4 is 5.32 Å². The number of phenolic OH excluding ortho intramolecular Hbond substituents is 2. The van der Waals surface area contributed by atoms with E-state index >= 15 is 0 Å². The molecule has 0 aliphatic rings. The van der Waals surface area contributed by atoms with Crippen molar-refractivity contribution >= 4 is 22.4 Å². The zero-order valence-electron chi connectivity index (χ0n) is 7.91. The van der Waals surface area contributed by atoms with Gasteiger partial charge in [-0.25, -0.2) is 0 Å². The van der Waals surface area contributed by atoms with E-state index < -0.39 is 5.91 Å². The van der Waals surface area contributed by atoms with Crippen molar-refractivity contribution in [1.82, 2.24) is 10.2 Å². The number of aromatic nitrogens is 2. The number of hydrogen-bond acceptors (Lipinski definition) is 6. The van der Waals surface area contributed by atoms with E-state index in [1.54, 1.807) is 0 Å². The molecule has 0 spiro atoms. The van der Waals surface area contributed by atoms with Gasteiger partial charge in [0, 0.05) is 0 Å². The number of benzene rings is 1. The number of aromatic hydroxyl groups is 2. The van der Waals surface area contributed by atoms with E-state index in [0.717, 1.165) is 11.3 Å². The second-order valence-electron chi connectivity index (χ2n) is 2.87. The molecule has 7 heteroatoms. The van der Waals surface area contributed by atoms with Crippen molar-refractivity contribution in [3.05, 3.63) is 29.3 Å². The topological polar surface area (TPSA) is 95.3 Å². The molecule has 0 fully saturated rings. The van der Waals surface area contributed by atoms with E-state index in [4.69, 9.17) is 0 Å². The number of rotatable bonds is 2. The van der Waals surface area contributed by atoms with E-state index in [1.165, 1.54) is 23.7 Å². The first-order chi connectivity index (χ1) is 7.68. The van der Waals surface area contributed by atoms with Gasteiger partial charge in [-0.3, -0.25) is 10.1 Å². The molecule has 0 bridgehead atoms. The summed E-state index contributed by atoms with van der Waals surface area (Å²) in [7, 11) is 0. The van der Waals surface area contributed by atoms with Gasteiger partial charge in [0.1, 0.15) is 22.6 Å². The van der Waals surface area contributed by atoms with E-state index in [2.05, 4.69) is 15.5 Å². The first-order valence-corrected chi connectivity index (χ1v) is 5.15. The van der Waals surface area contributed by atoms with Crippen LogP contribution in [0.25, 0.3) is 0 Å². The number of nitrogens with zero attached hydrogens (tertiary/aromatic N) is 2. The summed E-state index contributed by atoms with van der Waals surface area (Å²) in [5, 5.41) is 28.7. The fraction of sp³-hybridized carbons (Fsp3) is 0. The number of nitrogens with one attached hydrogen (secondary N) is 1. The molecular weight excluding hydrogens is 230 g/mol. The van der Waals surface area contributed by atoms with Gasteiger partial charge in [-0.2, -0.15) is 0 Å². The van der Waals surface area contributed by atoms with E-state index in [9.17, 15) is 15.0 Å². The molecule has 0 saturated carbocycles. The Bertz CT molecular complexity index is 492. The van der Waals surface area contributed by atoms with Crippen LogP contribution in [0.15, 0.2) is 23.7 Å². The van der Waals surface area contributed by atoms with Gasteiger partial charge in [0.15, 0.2) is 0 Å². The molecule has 1 heterocycles. The quantitative estimate of drug-likeness (QED) is 0.729. The molecular formula is C9H7N3O3S. The van der Waals surface area contributed by atoms with Gasteiger partial charge in [-0.05, 0) is 12.1 Å². The van der Waals surface area contributed by atoms with Gasteiger partial charge >= 0.3 is 0 Å². The molecule has 2 rings (SSSR count). The van der Waals surface area contributed by atoms with Crippen LogP contribution in [-0.4, -0.2) is 26.3 Å². The number of anilines is 1. The summed E-state index contributed by atoms with van der Waals surface area (Å²) < 4.78 is 0. The third-order valence-electron chi connectivity index (χ3n) is 1.83. The fourth-order valence-corrected chi connectivity index (χ4v) is 1.59. The summed E-state index contributed by atoms with van der Waals surface area (Å²) in [4.78, 5) is 11.7. The van der Waals surface area contributed by atoms with E-state index in [-0.39, 0.29) is 17.1 Å². The van der Waals surface area contributed by atoms with Gasteiger partial charge < -0.3 is 10.2 Å². The predicted octanol–water partition coefficient (Wildman–Crippen LogP) is 1.20. The first-order valence-electron chi connectivity index (χ1n) is 4.27. The number of carbonyl (C=O) groups excluding carboxylic acids is 1. The third-order valence-corrected chi connectivity index (χ3v) is 2.43. The summed E-state index contributed by atoms with van der Waals surface area (Å²) in [5.74, 6) is -1.21. The van der Waals surface area contributed by atoms with Crippen LogP contribution >= 0.6 is 11.3 Å². The summed E-state index contributed by atoms with van der Waals surface area (Å²) in [5.41, 5.74) is 1.28. The Morgan fingerprint density at radius 3 is 2.56 bits per heavy atom. The Balaban J connectivity index is 2.28. The largest absolute Gasteiger partial charge is 0.507 e. The number of phenols is 2. The van der Waals surface area contributed by atoms with Crippen molar-refractivity contribution in [2.45, 2.75) is 0 Å². The summed E-state index contributed by atoms with van der Waals surface area (Å²) in [6.45, 7) is 0. The molecule has 1 amide bonds. The highest BCUT2D eigenvalue weighted by Crippen LogP contribution is 2.27. The minimum absolute atomic E-state index is 0.183. The Kier molecular flexibility index (Phi) is 2.69. The van der Waals surface area contributed by atoms with Crippen LogP contribution in [-0.2, 0) is 0 Å². The maximum atomic E-state index is 11.7. The van der Waals surface area contributed by atoms with Crippen molar-refractivity contribution in [3.63, 3.8) is 0 Å². The molecule has 2 aromatic rings. The standard InChI is InChI=1S/C9H7N3O3S/c13-5-2-1-3-6(14)7(5)8(15)11-9-12-10-4-16-9/h1-4,13-14H,(H,11,12,15). The van der Waals surface area contributed by atoms with Crippen molar-refractivity contribution in [2.75, 3.05) is 5.32 Å². The lowest BCUT2D eigenvalue weighted by Gasteiger charge is -2.05. The molecule has 82 valence electrons. The molecule has 0 atom stereocenters. The van der Waals surface area contributed by atoms with E-state index in [0.29, 0.717) is 5.13 Å². The second-order valence-corrected chi connectivity index (χ2v) is 3.70. The molecule has 1 aromatic heterocycles. The summed E-state index contributed by atoms with van der Waals surface area (Å²) in [6, 6.07) is 4.07. The lowest BCUT2D eigenvalue weighted by Crippen LogP contribution is -2.12. The molecule has 6 nitrogen and oxygen atoms in total. The maximum absolute atomic E-state index is 11.7. The highest BCUT2D eigenvalue weighted by molar-refractivity contribution is 7.13. The van der Waals surface area contributed by atoms with Gasteiger partial charge in [-0.15, -0.1) is 10.2 Å². The zero-order chi connectivity index (χ0) is 11.5. The number of carbonyl (C=O) groups is 1. The van der Waals surface area contributed by atoms with Crippen molar-refractivity contribution in [1.29, 1.82) is 0 Å². The normalized spacial score (nSPS) is 10.0. The zero-order valence-corrected chi connectivity index (χ0v) is 8.73. The van der Waals surface area contributed by atoms with Crippen molar-refractivity contribution in [3.8, 4) is 11.5 Å². The van der Waals surface area contributed by atoms with Crippen molar-refractivity contribution < 1.29 is 15.0 Å². The van der Waals surface area contributed by atoms with Crippen LogP contribution in [0.5, 0.6) is 11.5 Å². The molecule has 0 radical (unpaired) electrons. The van der Waals surface area contributed by atoms with Crippen LogP contribution in [0.1, 0.15) is 10.4 Å². The van der Waals surface area contributed by atoms with Gasteiger partial charge in [-0.1, -0.05) is 17.4 Å². The Morgan fingerprint density at radius 2 is 2.00 bits per heavy atom. The minimum atomic E-state index is -0.632. The summed E-state index contributed by atoms with van der Waals surface area (Å²) in [6.07, 6.45) is 0. The fourth-order valence-electron chi connectivity index (χ4n) is 1.15. The first kappa shape index (κ1) is 10.4. The number of amides is 1. The van der Waals surface area contributed by atoms with Crippen LogP contribution in [0.4, 0.5) is 5.13 Å². The van der Waals surface area contributed by atoms with Gasteiger partial charge in [0.05, 0.1) is 0 Å². The predicted molar refractivity (Wildman–Crippen MR) is 57.6 cm³/mol. The third kappa shape index (κ3) is 1.94. The van der Waals surface area contributed by atoms with E-state index in [1.807, 2.05) is 0 Å². The molecule has 0 aliphatic carbocycles. The molecule has 0 unspecified atom stereocenters. The second kappa shape index (κ2) is 4.15. The average molecular weight is 237 g/mol. The highest BCUT2D eigenvalue weighted by Gasteiger charge is 2.16. The minimum Gasteiger partial charge on any atom is -0.507 e. The molecule has 0 saturated heterocycles. The highest BCUT2D eigenvalue weighted by atomic mass is 32.1. The Morgan fingerprint density at radius 1 is 1.31 bits per heavy atom. The Labute approximate surface area is 94.2 Å². The van der Waals surface area contributed by atoms with Gasteiger partial charge in [0.2, 0.25) is 5.13 Å². The smallest absolute Gasteiger partial charge is 0.265 e. The van der Waals surface area contributed by atoms with Gasteiger partial charge in [0.25, 0.3) is 5.91 Å². The van der Waals surface area contributed by atoms with Crippen LogP contribution in [0, 0.1) is 0 Å². The summed E-state index contributed by atoms with van der Waals surface area (Å²) >= 11 is 1.14. The van der Waals surface area contributed by atoms with Crippen LogP contribution in [0.3, 0.4) is 0 Å². The monoisotopic (exact) mass is 237 g/mol. The molecule has 3 N–H and O–H groups in total. The number of hydrogen-bond donors (Lipinski definition) is 3. The maximum Gasteiger partial charge on any atom is 0.265 e.